The summed E-state index contributed by atoms with van der Waals surface area (Å²) in [6.07, 6.45) is 0.236. The zero-order chi connectivity index (χ0) is 9.97. The van der Waals surface area contributed by atoms with E-state index in [0.29, 0.717) is 13.0 Å². The minimum Gasteiger partial charge on any atom is -0.449 e. The lowest BCUT2D eigenvalue weighted by molar-refractivity contribution is 0.115. The summed E-state index contributed by atoms with van der Waals surface area (Å²) in [5.74, 6) is -0.289. The highest BCUT2D eigenvalue weighted by molar-refractivity contribution is 5.68. The maximum absolute atomic E-state index is 12.9. The van der Waals surface area contributed by atoms with Gasteiger partial charge in [0, 0.05) is 6.42 Å². The molecule has 0 bridgehead atoms. The monoisotopic (exact) mass is 195 g/mol. The van der Waals surface area contributed by atoms with Gasteiger partial charge in [0.25, 0.3) is 0 Å². The molecule has 1 saturated heterocycles. The molecule has 0 aliphatic carbocycles. The molecular formula is C10H10FNO2. The van der Waals surface area contributed by atoms with Crippen LogP contribution >= 0.6 is 0 Å². The maximum atomic E-state index is 12.9. The summed E-state index contributed by atoms with van der Waals surface area (Å²) in [5.41, 5.74) is 0.779. The second-order valence-corrected chi connectivity index (χ2v) is 3.18. The van der Waals surface area contributed by atoms with E-state index in [4.69, 9.17) is 4.74 Å². The Hall–Kier alpha value is -1.58. The van der Waals surface area contributed by atoms with Gasteiger partial charge in [0.15, 0.2) is 0 Å². The Kier molecular flexibility index (Phi) is 2.35. The topological polar surface area (TPSA) is 38.3 Å². The minimum absolute atomic E-state index is 0.132. The van der Waals surface area contributed by atoms with Crippen molar-refractivity contribution >= 4 is 6.09 Å². The van der Waals surface area contributed by atoms with Gasteiger partial charge in [-0.1, -0.05) is 12.1 Å². The van der Waals surface area contributed by atoms with Crippen molar-refractivity contribution in [3.05, 3.63) is 35.6 Å². The van der Waals surface area contributed by atoms with Gasteiger partial charge >= 0.3 is 6.09 Å². The van der Waals surface area contributed by atoms with Crippen LogP contribution in [0.4, 0.5) is 9.18 Å². The van der Waals surface area contributed by atoms with Crippen LogP contribution in [0.25, 0.3) is 0 Å². The van der Waals surface area contributed by atoms with Crippen LogP contribution in [0.2, 0.25) is 0 Å². The molecule has 0 saturated carbocycles. The van der Waals surface area contributed by atoms with Crippen molar-refractivity contribution in [1.82, 2.24) is 5.32 Å². The normalized spacial score (nSPS) is 21.2. The van der Waals surface area contributed by atoms with Gasteiger partial charge in [0.05, 0.1) is 12.6 Å². The molecular weight excluding hydrogens is 185 g/mol. The second kappa shape index (κ2) is 3.65. The van der Waals surface area contributed by atoms with E-state index in [9.17, 15) is 9.18 Å². The van der Waals surface area contributed by atoms with Crippen LogP contribution in [0.15, 0.2) is 24.3 Å². The number of benzene rings is 1. The first-order valence-electron chi connectivity index (χ1n) is 4.44. The summed E-state index contributed by atoms with van der Waals surface area (Å²) in [6, 6.07) is 6.10. The summed E-state index contributed by atoms with van der Waals surface area (Å²) in [7, 11) is 0. The molecule has 2 rings (SSSR count). The molecule has 74 valence electrons. The molecule has 0 spiro atoms. The van der Waals surface area contributed by atoms with E-state index in [1.165, 1.54) is 12.1 Å². The molecule has 1 unspecified atom stereocenters. The van der Waals surface area contributed by atoms with Crippen molar-refractivity contribution in [1.29, 1.82) is 0 Å². The van der Waals surface area contributed by atoms with Crippen molar-refractivity contribution in [2.24, 2.45) is 0 Å². The standard InChI is InChI=1S/C10H10FNO2/c11-8-3-1-2-7(6-8)9-4-5-14-10(13)12-9/h1-3,6,9H,4-5H2,(H,12,13). The van der Waals surface area contributed by atoms with E-state index in [1.807, 2.05) is 0 Å². The van der Waals surface area contributed by atoms with E-state index in [1.54, 1.807) is 12.1 Å². The molecule has 0 radical (unpaired) electrons. The first-order valence-corrected chi connectivity index (χ1v) is 4.44. The van der Waals surface area contributed by atoms with Gasteiger partial charge in [-0.25, -0.2) is 9.18 Å². The van der Waals surface area contributed by atoms with Crippen molar-refractivity contribution in [2.75, 3.05) is 6.61 Å². The Balaban J connectivity index is 2.17. The zero-order valence-electron chi connectivity index (χ0n) is 7.50. The Morgan fingerprint density at radius 3 is 3.07 bits per heavy atom. The number of carbonyl (C=O) groups is 1. The smallest absolute Gasteiger partial charge is 0.407 e. The van der Waals surface area contributed by atoms with Gasteiger partial charge in [0.2, 0.25) is 0 Å². The number of nitrogens with one attached hydrogen (secondary N) is 1. The SMILES string of the molecule is O=C1NC(c2cccc(F)c2)CCO1. The van der Waals surface area contributed by atoms with E-state index >= 15 is 0 Å². The van der Waals surface area contributed by atoms with Crippen molar-refractivity contribution in [3.63, 3.8) is 0 Å². The van der Waals surface area contributed by atoms with Crippen molar-refractivity contribution < 1.29 is 13.9 Å². The van der Waals surface area contributed by atoms with Gasteiger partial charge in [0.1, 0.15) is 5.82 Å². The number of rotatable bonds is 1. The quantitative estimate of drug-likeness (QED) is 0.744. The maximum Gasteiger partial charge on any atom is 0.407 e. The molecule has 1 aliphatic heterocycles. The average molecular weight is 195 g/mol. The van der Waals surface area contributed by atoms with E-state index < -0.39 is 6.09 Å². The fourth-order valence-corrected chi connectivity index (χ4v) is 1.50. The number of cyclic esters (lactones) is 1. The zero-order valence-corrected chi connectivity index (χ0v) is 7.50. The minimum atomic E-state index is -0.439. The van der Waals surface area contributed by atoms with Crippen LogP contribution in [0.3, 0.4) is 0 Å². The van der Waals surface area contributed by atoms with Crippen LogP contribution in [-0.2, 0) is 4.74 Å². The number of alkyl carbamates (subject to hydrolysis) is 1. The molecule has 1 atom stereocenters. The highest BCUT2D eigenvalue weighted by Gasteiger charge is 2.20. The number of hydrogen-bond donors (Lipinski definition) is 1. The molecule has 1 aromatic carbocycles. The van der Waals surface area contributed by atoms with Gasteiger partial charge in [-0.15, -0.1) is 0 Å². The van der Waals surface area contributed by atoms with Crippen molar-refractivity contribution in [2.45, 2.75) is 12.5 Å². The van der Waals surface area contributed by atoms with Gasteiger partial charge in [-0.05, 0) is 17.7 Å². The highest BCUT2D eigenvalue weighted by Crippen LogP contribution is 2.20. The number of ether oxygens (including phenoxy) is 1. The van der Waals surface area contributed by atoms with Gasteiger partial charge < -0.3 is 10.1 Å². The van der Waals surface area contributed by atoms with Crippen LogP contribution < -0.4 is 5.32 Å². The molecule has 1 heterocycles. The first kappa shape index (κ1) is 8.99. The summed E-state index contributed by atoms with van der Waals surface area (Å²) in [4.78, 5) is 10.9. The highest BCUT2D eigenvalue weighted by atomic mass is 19.1. The lowest BCUT2D eigenvalue weighted by atomic mass is 10.0. The molecule has 1 N–H and O–H groups in total. The van der Waals surface area contributed by atoms with Gasteiger partial charge in [-0.3, -0.25) is 0 Å². The predicted octanol–water partition coefficient (Wildman–Crippen LogP) is 2.00. The number of halogens is 1. The van der Waals surface area contributed by atoms with E-state index in [-0.39, 0.29) is 11.9 Å². The molecule has 14 heavy (non-hydrogen) atoms. The third kappa shape index (κ3) is 1.84. The summed E-state index contributed by atoms with van der Waals surface area (Å²) >= 11 is 0. The molecule has 4 heteroatoms. The van der Waals surface area contributed by atoms with Crippen LogP contribution in [0.1, 0.15) is 18.0 Å². The first-order chi connectivity index (χ1) is 6.75. The molecule has 0 aromatic heterocycles. The molecule has 3 nitrogen and oxygen atoms in total. The van der Waals surface area contributed by atoms with Gasteiger partial charge in [-0.2, -0.15) is 0 Å². The number of amides is 1. The summed E-state index contributed by atoms with van der Waals surface area (Å²) in [6.45, 7) is 0.382. The van der Waals surface area contributed by atoms with Crippen LogP contribution in [-0.4, -0.2) is 12.7 Å². The summed E-state index contributed by atoms with van der Waals surface area (Å²) in [5, 5.41) is 2.63. The Bertz CT molecular complexity index is 354. The predicted molar refractivity (Wildman–Crippen MR) is 48.2 cm³/mol. The summed E-state index contributed by atoms with van der Waals surface area (Å²) < 4.78 is 17.6. The molecule has 1 aromatic rings. The fraction of sp³-hybridized carbons (Fsp3) is 0.300. The van der Waals surface area contributed by atoms with Crippen LogP contribution in [0, 0.1) is 5.82 Å². The average Bonchev–Trinajstić information content (AvgIpc) is 2.18. The van der Waals surface area contributed by atoms with E-state index in [0.717, 1.165) is 5.56 Å². The second-order valence-electron chi connectivity index (χ2n) is 3.18. The third-order valence-electron chi connectivity index (χ3n) is 2.18. The third-order valence-corrected chi connectivity index (χ3v) is 2.18. The fourth-order valence-electron chi connectivity index (χ4n) is 1.50. The van der Waals surface area contributed by atoms with E-state index in [2.05, 4.69) is 5.32 Å². The number of hydrogen-bond acceptors (Lipinski definition) is 2. The lowest BCUT2D eigenvalue weighted by Crippen LogP contribution is -2.35. The molecule has 1 fully saturated rings. The lowest BCUT2D eigenvalue weighted by Gasteiger charge is -2.23. The Morgan fingerprint density at radius 2 is 2.36 bits per heavy atom. The van der Waals surface area contributed by atoms with Crippen molar-refractivity contribution in [3.8, 4) is 0 Å². The Morgan fingerprint density at radius 1 is 1.50 bits per heavy atom. The molecule has 1 amide bonds. The number of carbonyl (C=O) groups excluding carboxylic acids is 1. The van der Waals surface area contributed by atoms with Crippen LogP contribution in [0.5, 0.6) is 0 Å². The Labute approximate surface area is 80.9 Å². The molecule has 1 aliphatic rings. The largest absolute Gasteiger partial charge is 0.449 e.